The summed E-state index contributed by atoms with van der Waals surface area (Å²) in [4.78, 5) is 26.8. The van der Waals surface area contributed by atoms with Crippen molar-refractivity contribution in [1.82, 2.24) is 0 Å². The Morgan fingerprint density at radius 2 is 1.00 bits per heavy atom. The van der Waals surface area contributed by atoms with Crippen molar-refractivity contribution in [3.63, 3.8) is 0 Å². The molecule has 0 aromatic heterocycles. The lowest BCUT2D eigenvalue weighted by molar-refractivity contribution is -0.132. The Balaban J connectivity index is -0.000000599. The van der Waals surface area contributed by atoms with Gasteiger partial charge in [0.05, 0.1) is 13.1 Å². The highest BCUT2D eigenvalue weighted by molar-refractivity contribution is 5.90. The summed E-state index contributed by atoms with van der Waals surface area (Å²) >= 11 is 0. The molecule has 0 saturated carbocycles. The van der Waals surface area contributed by atoms with E-state index in [9.17, 15) is 9.59 Å². The summed E-state index contributed by atoms with van der Waals surface area (Å²) in [5, 5.41) is 23.7. The number of amidine groups is 2. The number of aliphatic imine (C=N–C) groups is 2. The quantitative estimate of drug-likeness (QED) is 0.138. The molecule has 0 aromatic carbocycles. The van der Waals surface area contributed by atoms with Crippen molar-refractivity contribution >= 4 is 23.6 Å². The molecule has 0 unspecified atom stereocenters. The van der Waals surface area contributed by atoms with Gasteiger partial charge in [0, 0.05) is 12.2 Å². The minimum Gasteiger partial charge on any atom is -0.478 e. The lowest BCUT2D eigenvalue weighted by atomic mass is 10.0. The predicted molar refractivity (Wildman–Crippen MR) is 122 cm³/mol. The molecule has 10 heteroatoms. The van der Waals surface area contributed by atoms with Crippen molar-refractivity contribution < 1.29 is 19.8 Å². The lowest BCUT2D eigenvalue weighted by Crippen LogP contribution is -2.40. The first kappa shape index (κ1) is 31.1. The van der Waals surface area contributed by atoms with Crippen molar-refractivity contribution in [3.8, 4) is 0 Å². The van der Waals surface area contributed by atoms with Crippen LogP contribution < -0.4 is 11.5 Å². The predicted octanol–water partition coefficient (Wildman–Crippen LogP) is 2.60. The first-order chi connectivity index (χ1) is 13.7. The van der Waals surface area contributed by atoms with Crippen LogP contribution in [0.1, 0.15) is 27.7 Å². The molecule has 0 aromatic rings. The molecule has 0 aliphatic rings. The van der Waals surface area contributed by atoms with E-state index in [2.05, 4.69) is 46.5 Å². The van der Waals surface area contributed by atoms with Gasteiger partial charge in [0.1, 0.15) is 22.7 Å². The minimum atomic E-state index is -0.981. The highest BCUT2D eigenvalue weighted by atomic mass is 16.4. The van der Waals surface area contributed by atoms with Crippen LogP contribution in [0.4, 0.5) is 0 Å². The molecule has 0 radical (unpaired) electrons. The van der Waals surface area contributed by atoms with Gasteiger partial charge in [0.15, 0.2) is 0 Å². The zero-order valence-corrected chi connectivity index (χ0v) is 18.2. The van der Waals surface area contributed by atoms with Crippen LogP contribution in [0.3, 0.4) is 0 Å². The Bertz CT molecular complexity index is 633. The van der Waals surface area contributed by atoms with Crippen molar-refractivity contribution in [3.05, 3.63) is 50.6 Å². The average Bonchev–Trinajstić information content (AvgIpc) is 2.69. The molecule has 0 spiro atoms. The maximum atomic E-state index is 9.25. The Morgan fingerprint density at radius 3 is 1.17 bits per heavy atom. The van der Waals surface area contributed by atoms with Gasteiger partial charge in [0.2, 0.25) is 0 Å². The third-order valence-electron chi connectivity index (χ3n) is 2.93. The molecule has 0 aliphatic carbocycles. The smallest absolute Gasteiger partial charge is 0.327 e. The van der Waals surface area contributed by atoms with Gasteiger partial charge < -0.3 is 21.7 Å². The molecule has 6 N–H and O–H groups in total. The van der Waals surface area contributed by atoms with Gasteiger partial charge in [-0.05, 0) is 27.7 Å². The second kappa shape index (κ2) is 16.4. The molecular weight excluding hydrogens is 388 g/mol. The number of azo groups is 1. The highest BCUT2D eigenvalue weighted by Crippen LogP contribution is 2.16. The topological polar surface area (TPSA) is 176 Å². The van der Waals surface area contributed by atoms with E-state index in [1.807, 2.05) is 27.7 Å². The van der Waals surface area contributed by atoms with Gasteiger partial charge in [-0.15, -0.1) is 13.2 Å². The number of hydrogen-bond donors (Lipinski definition) is 4. The first-order valence-corrected chi connectivity index (χ1v) is 8.69. The fourth-order valence-corrected chi connectivity index (χ4v) is 1.07. The summed E-state index contributed by atoms with van der Waals surface area (Å²) in [6, 6.07) is 0. The number of nitrogens with zero attached hydrogens (tertiary/aromatic N) is 4. The molecule has 0 atom stereocenters. The summed E-state index contributed by atoms with van der Waals surface area (Å²) < 4.78 is 0. The van der Waals surface area contributed by atoms with Crippen LogP contribution in [0.25, 0.3) is 0 Å². The maximum absolute atomic E-state index is 9.25. The fraction of sp³-hybridized carbons (Fsp3) is 0.400. The second-order valence-corrected chi connectivity index (χ2v) is 6.43. The van der Waals surface area contributed by atoms with Crippen molar-refractivity contribution in [2.75, 3.05) is 13.1 Å². The normalized spacial score (nSPS) is 11.9. The SMILES string of the molecule is C=CC(=O)O.C=CC(=O)O.C=CCN=C(N)C(C)(C)N=NC(C)(C)C(N)=NCC=C. The van der Waals surface area contributed by atoms with Crippen LogP contribution in [0, 0.1) is 0 Å². The van der Waals surface area contributed by atoms with Crippen LogP contribution >= 0.6 is 0 Å². The molecule has 0 amide bonds. The minimum absolute atomic E-state index is 0.401. The average molecular weight is 423 g/mol. The van der Waals surface area contributed by atoms with E-state index in [0.717, 1.165) is 12.2 Å². The van der Waals surface area contributed by atoms with Crippen LogP contribution in [-0.2, 0) is 9.59 Å². The molecule has 0 heterocycles. The van der Waals surface area contributed by atoms with E-state index >= 15 is 0 Å². The molecule has 0 saturated heterocycles. The van der Waals surface area contributed by atoms with Crippen LogP contribution in [0.5, 0.6) is 0 Å². The van der Waals surface area contributed by atoms with E-state index in [0.29, 0.717) is 24.8 Å². The monoisotopic (exact) mass is 422 g/mol. The standard InChI is InChI=1S/C14H26N6.2C3H4O2/c1-7-9-17-11(15)13(3,4)19-20-14(5,6)12(16)18-10-8-2;2*1-2-3(4)5/h7-8H,1-2,9-10H2,3-6H3,(H2,15,17)(H2,16,18);2*2H,1H2,(H,4,5). The van der Waals surface area contributed by atoms with E-state index in [4.69, 9.17) is 21.7 Å². The summed E-state index contributed by atoms with van der Waals surface area (Å²) in [5.41, 5.74) is 10.4. The van der Waals surface area contributed by atoms with Gasteiger partial charge in [-0.2, -0.15) is 10.2 Å². The molecule has 0 rings (SSSR count). The van der Waals surface area contributed by atoms with Gasteiger partial charge in [-0.3, -0.25) is 9.98 Å². The number of carbonyl (C=O) groups is 2. The van der Waals surface area contributed by atoms with E-state index in [1.165, 1.54) is 0 Å². The van der Waals surface area contributed by atoms with Crippen LogP contribution in [-0.4, -0.2) is 58.0 Å². The summed E-state index contributed by atoms with van der Waals surface area (Å²) in [7, 11) is 0. The van der Waals surface area contributed by atoms with Crippen LogP contribution in [0.15, 0.2) is 70.8 Å². The number of carboxylic acid groups (broad SMARTS) is 2. The summed E-state index contributed by atoms with van der Waals surface area (Å²) in [6.45, 7) is 21.4. The Labute approximate surface area is 178 Å². The number of aliphatic carboxylic acids is 2. The van der Waals surface area contributed by atoms with Crippen LogP contribution in [0.2, 0.25) is 0 Å². The Hall–Kier alpha value is -3.56. The van der Waals surface area contributed by atoms with E-state index < -0.39 is 23.0 Å². The molecule has 0 bridgehead atoms. The Morgan fingerprint density at radius 1 is 0.767 bits per heavy atom. The molecule has 168 valence electrons. The lowest BCUT2D eigenvalue weighted by Gasteiger charge is -2.22. The first-order valence-electron chi connectivity index (χ1n) is 8.69. The highest BCUT2D eigenvalue weighted by Gasteiger charge is 2.26. The van der Waals surface area contributed by atoms with Crippen molar-refractivity contribution in [2.45, 2.75) is 38.8 Å². The molecule has 0 aliphatic heterocycles. The van der Waals surface area contributed by atoms with Crippen molar-refractivity contribution in [2.24, 2.45) is 31.7 Å². The van der Waals surface area contributed by atoms with Gasteiger partial charge in [0.25, 0.3) is 0 Å². The van der Waals surface area contributed by atoms with E-state index in [1.54, 1.807) is 12.2 Å². The number of hydrogen-bond acceptors (Lipinski definition) is 6. The molecule has 30 heavy (non-hydrogen) atoms. The third-order valence-corrected chi connectivity index (χ3v) is 2.93. The number of rotatable bonds is 10. The van der Waals surface area contributed by atoms with Gasteiger partial charge in [-0.25, -0.2) is 9.59 Å². The zero-order chi connectivity index (χ0) is 24.4. The van der Waals surface area contributed by atoms with E-state index in [-0.39, 0.29) is 0 Å². The largest absolute Gasteiger partial charge is 0.478 e. The molecule has 0 fully saturated rings. The summed E-state index contributed by atoms with van der Waals surface area (Å²) in [6.07, 6.45) is 5.01. The van der Waals surface area contributed by atoms with Gasteiger partial charge >= 0.3 is 11.9 Å². The number of nitrogens with two attached hydrogens (primary N) is 2. The molecular formula is C20H34N6O4. The summed E-state index contributed by atoms with van der Waals surface area (Å²) in [5.74, 6) is -1.16. The maximum Gasteiger partial charge on any atom is 0.327 e. The van der Waals surface area contributed by atoms with Crippen molar-refractivity contribution in [1.29, 1.82) is 0 Å². The molecule has 10 nitrogen and oxygen atoms in total. The zero-order valence-electron chi connectivity index (χ0n) is 18.2. The Kier molecular flexibility index (Phi) is 17.0. The third kappa shape index (κ3) is 17.8. The fourth-order valence-electron chi connectivity index (χ4n) is 1.07. The number of carboxylic acids is 2. The second-order valence-electron chi connectivity index (χ2n) is 6.43. The van der Waals surface area contributed by atoms with Gasteiger partial charge in [-0.1, -0.05) is 25.3 Å².